The Bertz CT molecular complexity index is 361. The van der Waals surface area contributed by atoms with Crippen molar-refractivity contribution in [2.45, 2.75) is 37.8 Å². The summed E-state index contributed by atoms with van der Waals surface area (Å²) in [4.78, 5) is 10.9. The first-order valence-electron chi connectivity index (χ1n) is 6.19. The van der Waals surface area contributed by atoms with Crippen molar-refractivity contribution in [3.8, 4) is 0 Å². The van der Waals surface area contributed by atoms with Crippen molar-refractivity contribution in [2.24, 2.45) is 0 Å². The molecule has 2 rings (SSSR count). The van der Waals surface area contributed by atoms with E-state index in [1.54, 1.807) is 0 Å². The summed E-state index contributed by atoms with van der Waals surface area (Å²) < 4.78 is 0. The van der Waals surface area contributed by atoms with Crippen molar-refractivity contribution >= 4 is 0 Å². The molecule has 2 atom stereocenters. The van der Waals surface area contributed by atoms with Gasteiger partial charge in [-0.05, 0) is 25.8 Å². The lowest BCUT2D eigenvalue weighted by atomic mass is 9.99. The maximum absolute atomic E-state index is 11.1. The van der Waals surface area contributed by atoms with Gasteiger partial charge in [0.2, 0.25) is 6.04 Å². The van der Waals surface area contributed by atoms with Crippen LogP contribution in [0.1, 0.15) is 37.3 Å². The van der Waals surface area contributed by atoms with Crippen LogP contribution in [0.5, 0.6) is 0 Å². The summed E-state index contributed by atoms with van der Waals surface area (Å²) in [5.74, 6) is 0. The smallest absolute Gasteiger partial charge is 0.238 e. The molecule has 1 fully saturated rings. The molecule has 1 saturated heterocycles. The number of hydrogen-bond acceptors (Lipinski definition) is 3. The van der Waals surface area contributed by atoms with Gasteiger partial charge in [-0.2, -0.15) is 0 Å². The maximum Gasteiger partial charge on any atom is 0.238 e. The van der Waals surface area contributed by atoms with Gasteiger partial charge in [0.05, 0.1) is 0 Å². The fourth-order valence-corrected chi connectivity index (χ4v) is 2.43. The van der Waals surface area contributed by atoms with Gasteiger partial charge in [0.15, 0.2) is 0 Å². The SMILES string of the molecule is O=[N+]([O-])[C@H](CC[C@H]1CCCN1)c1ccccc1. The molecule has 0 radical (unpaired) electrons. The van der Waals surface area contributed by atoms with Crippen LogP contribution in [0.3, 0.4) is 0 Å². The molecule has 4 heteroatoms. The van der Waals surface area contributed by atoms with E-state index in [0.717, 1.165) is 24.9 Å². The molecular weight excluding hydrogens is 216 g/mol. The van der Waals surface area contributed by atoms with Crippen LogP contribution < -0.4 is 5.32 Å². The lowest BCUT2D eigenvalue weighted by molar-refractivity contribution is -0.530. The van der Waals surface area contributed by atoms with E-state index < -0.39 is 6.04 Å². The topological polar surface area (TPSA) is 55.2 Å². The van der Waals surface area contributed by atoms with Crippen LogP contribution in [0.25, 0.3) is 0 Å². The Kier molecular flexibility index (Phi) is 4.09. The fraction of sp³-hybridized carbons (Fsp3) is 0.538. The second-order valence-electron chi connectivity index (χ2n) is 4.58. The van der Waals surface area contributed by atoms with Gasteiger partial charge in [0.25, 0.3) is 0 Å². The summed E-state index contributed by atoms with van der Waals surface area (Å²) in [7, 11) is 0. The van der Waals surface area contributed by atoms with E-state index in [-0.39, 0.29) is 4.92 Å². The van der Waals surface area contributed by atoms with Gasteiger partial charge >= 0.3 is 0 Å². The van der Waals surface area contributed by atoms with Gasteiger partial charge < -0.3 is 5.32 Å². The van der Waals surface area contributed by atoms with Crippen LogP contribution in [0.2, 0.25) is 0 Å². The summed E-state index contributed by atoms with van der Waals surface area (Å²) in [6.07, 6.45) is 3.85. The third kappa shape index (κ3) is 3.27. The fourth-order valence-electron chi connectivity index (χ4n) is 2.43. The van der Waals surface area contributed by atoms with E-state index in [2.05, 4.69) is 5.32 Å². The quantitative estimate of drug-likeness (QED) is 0.629. The number of nitrogens with one attached hydrogen (secondary N) is 1. The minimum atomic E-state index is -0.557. The first-order chi connectivity index (χ1) is 8.27. The second kappa shape index (κ2) is 5.77. The number of benzene rings is 1. The molecule has 1 aliphatic rings. The van der Waals surface area contributed by atoms with Gasteiger partial charge in [0, 0.05) is 22.9 Å². The normalized spacial score (nSPS) is 21.3. The van der Waals surface area contributed by atoms with E-state index >= 15 is 0 Å². The van der Waals surface area contributed by atoms with Gasteiger partial charge in [-0.1, -0.05) is 30.3 Å². The molecule has 0 bridgehead atoms. The molecule has 0 aliphatic carbocycles. The van der Waals surface area contributed by atoms with Crippen molar-refractivity contribution in [2.75, 3.05) is 6.54 Å². The molecule has 4 nitrogen and oxygen atoms in total. The molecule has 0 saturated carbocycles. The molecule has 0 amide bonds. The van der Waals surface area contributed by atoms with Gasteiger partial charge in [-0.25, -0.2) is 0 Å². The highest BCUT2D eigenvalue weighted by Gasteiger charge is 2.24. The van der Waals surface area contributed by atoms with Crippen molar-refractivity contribution < 1.29 is 4.92 Å². The van der Waals surface area contributed by atoms with E-state index in [1.807, 2.05) is 30.3 Å². The molecule has 1 heterocycles. The third-order valence-electron chi connectivity index (χ3n) is 3.39. The minimum Gasteiger partial charge on any atom is -0.314 e. The Morgan fingerprint density at radius 3 is 2.76 bits per heavy atom. The minimum absolute atomic E-state index is 0.162. The van der Waals surface area contributed by atoms with Crippen molar-refractivity contribution in [1.82, 2.24) is 5.32 Å². The van der Waals surface area contributed by atoms with Crippen LogP contribution in [-0.4, -0.2) is 17.5 Å². The molecule has 0 aromatic heterocycles. The summed E-state index contributed by atoms with van der Waals surface area (Å²) in [5, 5.41) is 14.5. The summed E-state index contributed by atoms with van der Waals surface area (Å²) in [6, 6.07) is 9.21. The number of nitrogens with zero attached hydrogens (tertiary/aromatic N) is 1. The second-order valence-corrected chi connectivity index (χ2v) is 4.58. The number of hydrogen-bond donors (Lipinski definition) is 1. The van der Waals surface area contributed by atoms with Crippen LogP contribution in [-0.2, 0) is 0 Å². The summed E-state index contributed by atoms with van der Waals surface area (Å²) >= 11 is 0. The predicted molar refractivity (Wildman–Crippen MR) is 66.4 cm³/mol. The molecule has 0 unspecified atom stereocenters. The molecular formula is C13H18N2O2. The van der Waals surface area contributed by atoms with Crippen molar-refractivity contribution in [3.05, 3.63) is 46.0 Å². The van der Waals surface area contributed by atoms with E-state index in [4.69, 9.17) is 0 Å². The molecule has 1 aromatic carbocycles. The maximum atomic E-state index is 11.1. The van der Waals surface area contributed by atoms with Gasteiger partial charge in [-0.3, -0.25) is 10.1 Å². The molecule has 1 aliphatic heterocycles. The monoisotopic (exact) mass is 234 g/mol. The molecule has 0 spiro atoms. The lowest BCUT2D eigenvalue weighted by Crippen LogP contribution is -2.23. The molecule has 1 aromatic rings. The summed E-state index contributed by atoms with van der Waals surface area (Å²) in [6.45, 7) is 1.05. The third-order valence-corrected chi connectivity index (χ3v) is 3.39. The highest BCUT2D eigenvalue weighted by molar-refractivity contribution is 5.17. The molecule has 92 valence electrons. The molecule has 1 N–H and O–H groups in total. The first kappa shape index (κ1) is 12.0. The highest BCUT2D eigenvalue weighted by Crippen LogP contribution is 2.24. The average molecular weight is 234 g/mol. The number of nitro groups is 1. The highest BCUT2D eigenvalue weighted by atomic mass is 16.6. The Hall–Kier alpha value is -1.42. The summed E-state index contributed by atoms with van der Waals surface area (Å²) in [5.41, 5.74) is 0.815. The van der Waals surface area contributed by atoms with Gasteiger partial charge in [0.1, 0.15) is 0 Å². The van der Waals surface area contributed by atoms with Crippen LogP contribution >= 0.6 is 0 Å². The Morgan fingerprint density at radius 2 is 2.18 bits per heavy atom. The van der Waals surface area contributed by atoms with Gasteiger partial charge in [-0.15, -0.1) is 0 Å². The van der Waals surface area contributed by atoms with Crippen molar-refractivity contribution in [1.29, 1.82) is 0 Å². The van der Waals surface area contributed by atoms with Crippen LogP contribution in [0, 0.1) is 10.1 Å². The zero-order chi connectivity index (χ0) is 12.1. The lowest BCUT2D eigenvalue weighted by Gasteiger charge is -2.13. The standard InChI is InChI=1S/C13H18N2O2/c16-15(17)13(11-5-2-1-3-6-11)9-8-12-7-4-10-14-12/h1-3,5-6,12-14H,4,7-10H2/t12-,13-/m1/s1. The van der Waals surface area contributed by atoms with E-state index in [0.29, 0.717) is 12.5 Å². The van der Waals surface area contributed by atoms with Crippen molar-refractivity contribution in [3.63, 3.8) is 0 Å². The zero-order valence-electron chi connectivity index (χ0n) is 9.84. The Morgan fingerprint density at radius 1 is 1.41 bits per heavy atom. The largest absolute Gasteiger partial charge is 0.314 e. The number of rotatable bonds is 5. The first-order valence-corrected chi connectivity index (χ1v) is 6.19. The van der Waals surface area contributed by atoms with Crippen LogP contribution in [0.15, 0.2) is 30.3 Å². The Labute approximate surface area is 101 Å². The Balaban J connectivity index is 1.95. The van der Waals surface area contributed by atoms with E-state index in [9.17, 15) is 10.1 Å². The zero-order valence-corrected chi connectivity index (χ0v) is 9.84. The molecule has 17 heavy (non-hydrogen) atoms. The predicted octanol–water partition coefficient (Wildman–Crippen LogP) is 2.54. The van der Waals surface area contributed by atoms with E-state index in [1.165, 1.54) is 6.42 Å². The average Bonchev–Trinajstić information content (AvgIpc) is 2.83. The van der Waals surface area contributed by atoms with Crippen LogP contribution in [0.4, 0.5) is 0 Å².